The van der Waals surface area contributed by atoms with Gasteiger partial charge in [-0.25, -0.2) is 0 Å². The van der Waals surface area contributed by atoms with Crippen molar-refractivity contribution in [1.82, 2.24) is 5.32 Å². The van der Waals surface area contributed by atoms with E-state index in [1.54, 1.807) is 13.0 Å². The Labute approximate surface area is 167 Å². The Morgan fingerprint density at radius 1 is 1.21 bits per heavy atom. The third-order valence-corrected chi connectivity index (χ3v) is 7.79. The highest BCUT2D eigenvalue weighted by atomic mass is 16.5. The second-order valence-electron chi connectivity index (χ2n) is 9.23. The molecule has 2 saturated carbocycles. The molecule has 3 N–H and O–H groups in total. The van der Waals surface area contributed by atoms with Crippen molar-refractivity contribution in [1.29, 1.82) is 0 Å². The van der Waals surface area contributed by atoms with Crippen LogP contribution in [0.25, 0.3) is 0 Å². The summed E-state index contributed by atoms with van der Waals surface area (Å²) >= 11 is 0. The lowest BCUT2D eigenvalue weighted by Crippen LogP contribution is -2.42. The summed E-state index contributed by atoms with van der Waals surface area (Å²) in [6.45, 7) is 6.24. The molecule has 5 nitrogen and oxygen atoms in total. The Kier molecular flexibility index (Phi) is 5.07. The van der Waals surface area contributed by atoms with E-state index < -0.39 is 0 Å². The maximum Gasteiger partial charge on any atom is 0.217 e. The lowest BCUT2D eigenvalue weighted by Gasteiger charge is -2.47. The van der Waals surface area contributed by atoms with Crippen LogP contribution in [-0.4, -0.2) is 28.8 Å². The van der Waals surface area contributed by atoms with Gasteiger partial charge in [-0.05, 0) is 91.9 Å². The second kappa shape index (κ2) is 7.25. The molecule has 3 aliphatic rings. The average Bonchev–Trinajstić information content (AvgIpc) is 2.87. The number of nitrogens with one attached hydrogen (secondary N) is 1. The normalized spacial score (nSPS) is 36.6. The molecule has 28 heavy (non-hydrogen) atoms. The van der Waals surface area contributed by atoms with Crippen LogP contribution >= 0.6 is 0 Å². The third kappa shape index (κ3) is 3.08. The van der Waals surface area contributed by atoms with Crippen LogP contribution in [-0.2, 0) is 4.79 Å². The van der Waals surface area contributed by atoms with Gasteiger partial charge in [-0.15, -0.1) is 0 Å². The first-order valence-electron chi connectivity index (χ1n) is 10.8. The summed E-state index contributed by atoms with van der Waals surface area (Å²) in [5, 5.41) is 24.2. The smallest absolute Gasteiger partial charge is 0.217 e. The molecule has 154 valence electrons. The van der Waals surface area contributed by atoms with E-state index in [0.717, 1.165) is 44.1 Å². The Morgan fingerprint density at radius 2 is 2.00 bits per heavy atom. The van der Waals surface area contributed by atoms with Crippen molar-refractivity contribution in [3.05, 3.63) is 23.3 Å². The number of carbonyl (C=O) groups excluding carboxylic acids is 1. The number of rotatable bonds is 3. The Morgan fingerprint density at radius 3 is 2.71 bits per heavy atom. The van der Waals surface area contributed by atoms with E-state index in [0.29, 0.717) is 30.1 Å². The molecule has 6 atom stereocenters. The zero-order chi connectivity index (χ0) is 20.1. The number of benzene rings is 1. The number of ether oxygens (including phenoxy) is 1. The van der Waals surface area contributed by atoms with Gasteiger partial charge in [0.15, 0.2) is 11.5 Å². The minimum absolute atomic E-state index is 0.00877. The number of aliphatic hydroxyl groups excluding tert-OH is 1. The fourth-order valence-electron chi connectivity index (χ4n) is 6.45. The van der Waals surface area contributed by atoms with Crippen molar-refractivity contribution >= 4 is 5.91 Å². The van der Waals surface area contributed by atoms with Crippen LogP contribution in [0.4, 0.5) is 0 Å². The first-order valence-corrected chi connectivity index (χ1v) is 10.8. The predicted octanol–water partition coefficient (Wildman–Crippen LogP) is 4.03. The van der Waals surface area contributed by atoms with E-state index in [1.807, 2.05) is 13.0 Å². The van der Waals surface area contributed by atoms with Crippen LogP contribution in [0.1, 0.15) is 82.4 Å². The summed E-state index contributed by atoms with van der Waals surface area (Å²) < 4.78 is 5.69. The van der Waals surface area contributed by atoms with E-state index in [4.69, 9.17) is 4.74 Å². The fourth-order valence-corrected chi connectivity index (χ4v) is 6.45. The summed E-state index contributed by atoms with van der Waals surface area (Å²) in [6.07, 6.45) is 5.72. The molecule has 1 amide bonds. The number of aromatic hydroxyl groups is 1. The zero-order valence-corrected chi connectivity index (χ0v) is 17.2. The largest absolute Gasteiger partial charge is 0.504 e. The van der Waals surface area contributed by atoms with Gasteiger partial charge in [0.05, 0.1) is 18.8 Å². The van der Waals surface area contributed by atoms with Crippen LogP contribution in [0.2, 0.25) is 0 Å². The van der Waals surface area contributed by atoms with E-state index in [-0.39, 0.29) is 29.2 Å². The summed E-state index contributed by atoms with van der Waals surface area (Å²) in [4.78, 5) is 11.8. The van der Waals surface area contributed by atoms with Crippen molar-refractivity contribution in [3.8, 4) is 11.5 Å². The fraction of sp³-hybridized carbons (Fsp3) is 0.696. The molecule has 4 rings (SSSR count). The molecule has 1 unspecified atom stereocenters. The number of phenolic OH excluding ortho intramolecular Hbond substituents is 1. The van der Waals surface area contributed by atoms with Gasteiger partial charge in [-0.2, -0.15) is 0 Å². The van der Waals surface area contributed by atoms with E-state index in [2.05, 4.69) is 12.2 Å². The SMILES string of the molecule is CCOc1cc2c(cc1O)[C@H](NC(C)=O)CC[C@H]1C3CC[C@H](O)[C@@]3(C)CC[C@H]21. The summed E-state index contributed by atoms with van der Waals surface area (Å²) in [5.41, 5.74) is 2.26. The van der Waals surface area contributed by atoms with Crippen LogP contribution < -0.4 is 10.1 Å². The van der Waals surface area contributed by atoms with Gasteiger partial charge in [0.2, 0.25) is 5.91 Å². The Bertz CT molecular complexity index is 763. The third-order valence-electron chi connectivity index (χ3n) is 7.79. The second-order valence-corrected chi connectivity index (χ2v) is 9.23. The Balaban J connectivity index is 1.78. The maximum atomic E-state index is 11.8. The monoisotopic (exact) mass is 387 g/mol. The molecule has 1 aromatic rings. The number of aliphatic hydroxyl groups is 1. The molecule has 0 saturated heterocycles. The van der Waals surface area contributed by atoms with Gasteiger partial charge < -0.3 is 20.3 Å². The van der Waals surface area contributed by atoms with Crippen molar-refractivity contribution in [2.45, 2.75) is 77.4 Å². The quantitative estimate of drug-likeness (QED) is 0.732. The van der Waals surface area contributed by atoms with Crippen molar-refractivity contribution in [2.75, 3.05) is 6.61 Å². The predicted molar refractivity (Wildman–Crippen MR) is 107 cm³/mol. The lowest BCUT2D eigenvalue weighted by atomic mass is 9.58. The number of hydrogen-bond donors (Lipinski definition) is 3. The van der Waals surface area contributed by atoms with Crippen LogP contribution in [0.3, 0.4) is 0 Å². The molecule has 2 fully saturated rings. The maximum absolute atomic E-state index is 11.8. The van der Waals surface area contributed by atoms with Gasteiger partial charge in [0.25, 0.3) is 0 Å². The van der Waals surface area contributed by atoms with Crippen molar-refractivity contribution < 1.29 is 19.7 Å². The molecule has 0 aromatic heterocycles. The van der Waals surface area contributed by atoms with Crippen molar-refractivity contribution in [2.24, 2.45) is 17.3 Å². The first-order chi connectivity index (χ1) is 13.3. The number of hydrogen-bond acceptors (Lipinski definition) is 4. The number of amides is 1. The number of phenols is 1. The highest BCUT2D eigenvalue weighted by Crippen LogP contribution is 2.61. The minimum Gasteiger partial charge on any atom is -0.504 e. The molecule has 3 aliphatic carbocycles. The van der Waals surface area contributed by atoms with Gasteiger partial charge in [-0.3, -0.25) is 4.79 Å². The lowest BCUT2D eigenvalue weighted by molar-refractivity contribution is -0.119. The van der Waals surface area contributed by atoms with Gasteiger partial charge >= 0.3 is 0 Å². The molecule has 0 bridgehead atoms. The Hall–Kier alpha value is -1.75. The van der Waals surface area contributed by atoms with Gasteiger partial charge in [0.1, 0.15) is 0 Å². The number of fused-ring (bicyclic) bond motifs is 5. The molecular weight excluding hydrogens is 354 g/mol. The minimum atomic E-state index is -0.203. The highest BCUT2D eigenvalue weighted by Gasteiger charge is 2.54. The molecular formula is C23H33NO4. The average molecular weight is 388 g/mol. The van der Waals surface area contributed by atoms with E-state index >= 15 is 0 Å². The molecule has 0 spiro atoms. The summed E-state index contributed by atoms with van der Waals surface area (Å²) in [7, 11) is 0. The zero-order valence-electron chi connectivity index (χ0n) is 17.2. The molecule has 1 aromatic carbocycles. The number of carbonyl (C=O) groups is 1. The molecule has 0 radical (unpaired) electrons. The first kappa shape index (κ1) is 19.6. The standard InChI is InChI=1S/C23H33NO4/c1-4-28-21-12-16-14-9-10-23(3)18(6-8-22(23)27)15(14)5-7-19(24-13(2)25)17(16)11-20(21)26/h11-12,14-15,18-19,22,26-27H,4-10H2,1-3H3,(H,24,25)/t14-,15+,18?,19+,22-,23-/m0/s1. The van der Waals surface area contributed by atoms with Crippen LogP contribution in [0.15, 0.2) is 12.1 Å². The van der Waals surface area contributed by atoms with Crippen LogP contribution in [0.5, 0.6) is 11.5 Å². The molecule has 0 aliphatic heterocycles. The highest BCUT2D eigenvalue weighted by molar-refractivity contribution is 5.73. The van der Waals surface area contributed by atoms with E-state index in [1.165, 1.54) is 5.56 Å². The topological polar surface area (TPSA) is 78.8 Å². The van der Waals surface area contributed by atoms with Gasteiger partial charge in [0, 0.05) is 6.92 Å². The molecule has 5 heteroatoms. The van der Waals surface area contributed by atoms with Gasteiger partial charge in [-0.1, -0.05) is 6.92 Å². The molecule has 0 heterocycles. The van der Waals surface area contributed by atoms with E-state index in [9.17, 15) is 15.0 Å². The summed E-state index contributed by atoms with van der Waals surface area (Å²) in [6, 6.07) is 3.73. The van der Waals surface area contributed by atoms with Crippen LogP contribution in [0, 0.1) is 17.3 Å². The summed E-state index contributed by atoms with van der Waals surface area (Å²) in [5.74, 6) is 2.02. The van der Waals surface area contributed by atoms with Crippen molar-refractivity contribution in [3.63, 3.8) is 0 Å².